The van der Waals surface area contributed by atoms with Gasteiger partial charge >= 0.3 is 5.97 Å². The summed E-state index contributed by atoms with van der Waals surface area (Å²) in [6.07, 6.45) is -0.0963. The van der Waals surface area contributed by atoms with E-state index in [1.807, 2.05) is 19.1 Å². The van der Waals surface area contributed by atoms with Crippen molar-refractivity contribution in [3.05, 3.63) is 34.3 Å². The van der Waals surface area contributed by atoms with Gasteiger partial charge in [0.2, 0.25) is 0 Å². The molecule has 18 heavy (non-hydrogen) atoms. The zero-order valence-electron chi connectivity index (χ0n) is 11.1. The lowest BCUT2D eigenvalue weighted by molar-refractivity contribution is 0.0260. The number of ether oxygens (including phenoxy) is 1. The van der Waals surface area contributed by atoms with Gasteiger partial charge in [-0.3, -0.25) is 0 Å². The quantitative estimate of drug-likeness (QED) is 0.754. The van der Waals surface area contributed by atoms with Crippen LogP contribution in [0.25, 0.3) is 0 Å². The van der Waals surface area contributed by atoms with E-state index >= 15 is 0 Å². The molecule has 0 N–H and O–H groups in total. The number of rotatable bonds is 6. The number of nitrogens with zero attached hydrogens (tertiary/aromatic N) is 1. The topological polar surface area (TPSA) is 29.5 Å². The Morgan fingerprint density at radius 3 is 2.33 bits per heavy atom. The number of benzene rings is 1. The predicted octanol–water partition coefficient (Wildman–Crippen LogP) is 3.34. The van der Waals surface area contributed by atoms with Crippen LogP contribution in [0.15, 0.2) is 28.7 Å². The Morgan fingerprint density at radius 2 is 1.83 bits per heavy atom. The number of hydrogen-bond acceptors (Lipinski definition) is 3. The van der Waals surface area contributed by atoms with Gasteiger partial charge in [0.25, 0.3) is 0 Å². The van der Waals surface area contributed by atoms with Crippen LogP contribution in [-0.4, -0.2) is 36.6 Å². The van der Waals surface area contributed by atoms with Crippen molar-refractivity contribution in [1.82, 2.24) is 4.90 Å². The lowest BCUT2D eigenvalue weighted by Crippen LogP contribution is -2.33. The molecule has 0 aliphatic rings. The SMILES string of the molecule is CCN(CC)C[C@H](C)OC(=O)c1ccc(Br)cc1. The van der Waals surface area contributed by atoms with Gasteiger partial charge in [-0.1, -0.05) is 29.8 Å². The van der Waals surface area contributed by atoms with E-state index < -0.39 is 0 Å². The normalized spacial score (nSPS) is 12.5. The molecule has 0 spiro atoms. The van der Waals surface area contributed by atoms with Crippen molar-refractivity contribution in [2.75, 3.05) is 19.6 Å². The minimum atomic E-state index is -0.262. The molecule has 0 fully saturated rings. The Bertz CT molecular complexity index is 374. The second kappa shape index (κ2) is 7.54. The average Bonchev–Trinajstić information content (AvgIpc) is 2.36. The number of hydrogen-bond donors (Lipinski definition) is 0. The van der Waals surface area contributed by atoms with Crippen LogP contribution in [0, 0.1) is 0 Å². The van der Waals surface area contributed by atoms with E-state index in [1.165, 1.54) is 0 Å². The van der Waals surface area contributed by atoms with Gasteiger partial charge in [0.1, 0.15) is 6.10 Å². The molecule has 0 bridgehead atoms. The van der Waals surface area contributed by atoms with E-state index in [1.54, 1.807) is 12.1 Å². The van der Waals surface area contributed by atoms with E-state index in [2.05, 4.69) is 34.7 Å². The number of carbonyl (C=O) groups excluding carboxylic acids is 1. The molecule has 1 rings (SSSR count). The molecule has 0 saturated carbocycles. The number of likely N-dealkylation sites (N-methyl/N-ethyl adjacent to an activating group) is 1. The summed E-state index contributed by atoms with van der Waals surface area (Å²) < 4.78 is 6.37. The average molecular weight is 314 g/mol. The van der Waals surface area contributed by atoms with Crippen molar-refractivity contribution >= 4 is 21.9 Å². The summed E-state index contributed by atoms with van der Waals surface area (Å²) in [6, 6.07) is 7.20. The monoisotopic (exact) mass is 313 g/mol. The molecule has 1 aromatic carbocycles. The van der Waals surface area contributed by atoms with Gasteiger partial charge in [-0.2, -0.15) is 0 Å². The molecule has 0 amide bonds. The smallest absolute Gasteiger partial charge is 0.338 e. The second-order valence-electron chi connectivity index (χ2n) is 4.21. The Balaban J connectivity index is 2.51. The van der Waals surface area contributed by atoms with Crippen LogP contribution < -0.4 is 0 Å². The molecule has 0 radical (unpaired) electrons. The third-order valence-electron chi connectivity index (χ3n) is 2.80. The largest absolute Gasteiger partial charge is 0.458 e. The summed E-state index contributed by atoms with van der Waals surface area (Å²) in [5, 5.41) is 0. The van der Waals surface area contributed by atoms with E-state index in [9.17, 15) is 4.79 Å². The lowest BCUT2D eigenvalue weighted by Gasteiger charge is -2.22. The first-order chi connectivity index (χ1) is 8.56. The van der Waals surface area contributed by atoms with Crippen LogP contribution in [0.2, 0.25) is 0 Å². The molecule has 0 aliphatic heterocycles. The molecule has 3 nitrogen and oxygen atoms in total. The highest BCUT2D eigenvalue weighted by Gasteiger charge is 2.13. The molecule has 0 aromatic heterocycles. The Morgan fingerprint density at radius 1 is 1.28 bits per heavy atom. The standard InChI is InChI=1S/C14H20BrNO2/c1-4-16(5-2)10-11(3)18-14(17)12-6-8-13(15)9-7-12/h6-9,11H,4-5,10H2,1-3H3/t11-/m0/s1. The number of esters is 1. The first kappa shape index (κ1) is 15.2. The fraction of sp³-hybridized carbons (Fsp3) is 0.500. The van der Waals surface area contributed by atoms with Crippen molar-refractivity contribution in [1.29, 1.82) is 0 Å². The third kappa shape index (κ3) is 4.78. The Labute approximate surface area is 117 Å². The number of halogens is 1. The summed E-state index contributed by atoms with van der Waals surface area (Å²) >= 11 is 3.34. The highest BCUT2D eigenvalue weighted by Crippen LogP contribution is 2.12. The van der Waals surface area contributed by atoms with Crippen LogP contribution in [0.4, 0.5) is 0 Å². The maximum Gasteiger partial charge on any atom is 0.338 e. The van der Waals surface area contributed by atoms with Gasteiger partial charge in [-0.05, 0) is 44.3 Å². The Kier molecular flexibility index (Phi) is 6.36. The molecular weight excluding hydrogens is 294 g/mol. The van der Waals surface area contributed by atoms with Crippen molar-refractivity contribution < 1.29 is 9.53 Å². The third-order valence-corrected chi connectivity index (χ3v) is 3.33. The second-order valence-corrected chi connectivity index (χ2v) is 5.12. The molecule has 4 heteroatoms. The minimum absolute atomic E-state index is 0.0963. The van der Waals surface area contributed by atoms with E-state index in [0.717, 1.165) is 24.1 Å². The van der Waals surface area contributed by atoms with Crippen molar-refractivity contribution in [3.63, 3.8) is 0 Å². The van der Waals surface area contributed by atoms with E-state index in [-0.39, 0.29) is 12.1 Å². The van der Waals surface area contributed by atoms with Crippen LogP contribution in [0.5, 0.6) is 0 Å². The van der Waals surface area contributed by atoms with Crippen molar-refractivity contribution in [2.45, 2.75) is 26.9 Å². The van der Waals surface area contributed by atoms with Crippen LogP contribution in [0.3, 0.4) is 0 Å². The lowest BCUT2D eigenvalue weighted by atomic mass is 10.2. The molecule has 0 aliphatic carbocycles. The van der Waals surface area contributed by atoms with Crippen LogP contribution >= 0.6 is 15.9 Å². The zero-order chi connectivity index (χ0) is 13.5. The molecule has 0 saturated heterocycles. The molecular formula is C14H20BrNO2. The van der Waals surface area contributed by atoms with Gasteiger partial charge in [0, 0.05) is 11.0 Å². The van der Waals surface area contributed by atoms with Gasteiger partial charge in [0.05, 0.1) is 5.56 Å². The fourth-order valence-corrected chi connectivity index (χ4v) is 1.98. The fourth-order valence-electron chi connectivity index (χ4n) is 1.72. The van der Waals surface area contributed by atoms with Crippen LogP contribution in [0.1, 0.15) is 31.1 Å². The first-order valence-electron chi connectivity index (χ1n) is 6.25. The van der Waals surface area contributed by atoms with Crippen molar-refractivity contribution in [2.24, 2.45) is 0 Å². The summed E-state index contributed by atoms with van der Waals surface area (Å²) in [4.78, 5) is 14.1. The zero-order valence-corrected chi connectivity index (χ0v) is 12.7. The van der Waals surface area contributed by atoms with E-state index in [0.29, 0.717) is 5.56 Å². The van der Waals surface area contributed by atoms with Gasteiger partial charge < -0.3 is 9.64 Å². The molecule has 1 aromatic rings. The Hall–Kier alpha value is -0.870. The predicted molar refractivity (Wildman–Crippen MR) is 76.8 cm³/mol. The maximum absolute atomic E-state index is 11.9. The summed E-state index contributed by atoms with van der Waals surface area (Å²) in [7, 11) is 0. The molecule has 0 heterocycles. The highest BCUT2D eigenvalue weighted by atomic mass is 79.9. The van der Waals surface area contributed by atoms with Gasteiger partial charge in [0.15, 0.2) is 0 Å². The van der Waals surface area contributed by atoms with Gasteiger partial charge in [-0.25, -0.2) is 4.79 Å². The molecule has 0 unspecified atom stereocenters. The summed E-state index contributed by atoms with van der Waals surface area (Å²) in [5.41, 5.74) is 0.588. The van der Waals surface area contributed by atoms with E-state index in [4.69, 9.17) is 4.74 Å². The summed E-state index contributed by atoms with van der Waals surface area (Å²) in [5.74, 6) is -0.262. The van der Waals surface area contributed by atoms with Gasteiger partial charge in [-0.15, -0.1) is 0 Å². The first-order valence-corrected chi connectivity index (χ1v) is 7.05. The minimum Gasteiger partial charge on any atom is -0.458 e. The number of carbonyl (C=O) groups is 1. The highest BCUT2D eigenvalue weighted by molar-refractivity contribution is 9.10. The maximum atomic E-state index is 11.9. The molecule has 1 atom stereocenters. The van der Waals surface area contributed by atoms with Crippen LogP contribution in [-0.2, 0) is 4.74 Å². The summed E-state index contributed by atoms with van der Waals surface area (Å²) in [6.45, 7) is 8.84. The van der Waals surface area contributed by atoms with Crippen molar-refractivity contribution in [3.8, 4) is 0 Å². The molecule has 100 valence electrons.